The average molecular weight is 220 g/mol. The van der Waals surface area contributed by atoms with Crippen molar-refractivity contribution in [1.82, 2.24) is 0 Å². The minimum atomic E-state index is -0.481. The molecule has 1 unspecified atom stereocenters. The largest absolute Gasteiger partial charge is 0.382 e. The predicted octanol–water partition coefficient (Wildman–Crippen LogP) is 0.775. The first-order valence-electron chi connectivity index (χ1n) is 5.10. The van der Waals surface area contributed by atoms with Crippen LogP contribution in [0.25, 0.3) is 0 Å². The summed E-state index contributed by atoms with van der Waals surface area (Å²) in [5.41, 5.74) is 0. The topological polar surface area (TPSA) is 46.2 Å². The van der Waals surface area contributed by atoms with Gasteiger partial charge in [0.25, 0.3) is 0 Å². The van der Waals surface area contributed by atoms with Crippen LogP contribution in [0.15, 0.2) is 0 Å². The molecule has 1 rings (SSSR count). The Morgan fingerprint density at radius 3 is 2.67 bits per heavy atom. The van der Waals surface area contributed by atoms with Crippen molar-refractivity contribution in [3.63, 3.8) is 0 Å². The van der Waals surface area contributed by atoms with E-state index in [-0.39, 0.29) is 12.9 Å². The lowest BCUT2D eigenvalue weighted by Gasteiger charge is -2.17. The SMILES string of the molecule is COCCOCOCC1COC(C)(C)O1. The van der Waals surface area contributed by atoms with E-state index in [1.54, 1.807) is 7.11 Å². The fraction of sp³-hybridized carbons (Fsp3) is 1.00. The van der Waals surface area contributed by atoms with Crippen LogP contribution in [0, 0.1) is 0 Å². The quantitative estimate of drug-likeness (QED) is 0.468. The van der Waals surface area contributed by atoms with E-state index in [0.29, 0.717) is 26.4 Å². The van der Waals surface area contributed by atoms with Crippen molar-refractivity contribution in [3.8, 4) is 0 Å². The molecule has 0 radical (unpaired) electrons. The van der Waals surface area contributed by atoms with Gasteiger partial charge in [-0.25, -0.2) is 0 Å². The van der Waals surface area contributed by atoms with Crippen molar-refractivity contribution >= 4 is 0 Å². The van der Waals surface area contributed by atoms with Crippen LogP contribution >= 0.6 is 0 Å². The zero-order chi connectivity index (χ0) is 11.1. The summed E-state index contributed by atoms with van der Waals surface area (Å²) in [7, 11) is 1.63. The lowest BCUT2D eigenvalue weighted by molar-refractivity contribution is -0.153. The van der Waals surface area contributed by atoms with Crippen molar-refractivity contribution in [2.75, 3.05) is 40.3 Å². The fourth-order valence-electron chi connectivity index (χ4n) is 1.28. The molecule has 5 nitrogen and oxygen atoms in total. The predicted molar refractivity (Wildman–Crippen MR) is 53.6 cm³/mol. The van der Waals surface area contributed by atoms with Gasteiger partial charge in [-0.2, -0.15) is 0 Å². The summed E-state index contributed by atoms with van der Waals surface area (Å²) in [6.07, 6.45) is 0.00558. The summed E-state index contributed by atoms with van der Waals surface area (Å²) >= 11 is 0. The molecule has 15 heavy (non-hydrogen) atoms. The molecular weight excluding hydrogens is 200 g/mol. The molecule has 1 aliphatic rings. The van der Waals surface area contributed by atoms with Crippen LogP contribution in [0.1, 0.15) is 13.8 Å². The maximum absolute atomic E-state index is 5.55. The van der Waals surface area contributed by atoms with E-state index in [9.17, 15) is 0 Å². The minimum Gasteiger partial charge on any atom is -0.382 e. The Hall–Kier alpha value is -0.200. The first kappa shape index (κ1) is 12.9. The van der Waals surface area contributed by atoms with Gasteiger partial charge in [-0.1, -0.05) is 0 Å². The van der Waals surface area contributed by atoms with Gasteiger partial charge in [-0.3, -0.25) is 0 Å². The van der Waals surface area contributed by atoms with Crippen molar-refractivity contribution in [1.29, 1.82) is 0 Å². The Kier molecular flexibility index (Phi) is 5.49. The van der Waals surface area contributed by atoms with Gasteiger partial charge < -0.3 is 23.7 Å². The van der Waals surface area contributed by atoms with E-state index in [2.05, 4.69) is 0 Å². The third-order valence-corrected chi connectivity index (χ3v) is 1.97. The molecule has 1 aliphatic heterocycles. The van der Waals surface area contributed by atoms with Gasteiger partial charge in [-0.15, -0.1) is 0 Å². The number of hydrogen-bond acceptors (Lipinski definition) is 5. The van der Waals surface area contributed by atoms with E-state index in [1.165, 1.54) is 0 Å². The van der Waals surface area contributed by atoms with Gasteiger partial charge in [0.15, 0.2) is 5.79 Å². The Morgan fingerprint density at radius 1 is 1.27 bits per heavy atom. The van der Waals surface area contributed by atoms with Gasteiger partial charge >= 0.3 is 0 Å². The van der Waals surface area contributed by atoms with Crippen molar-refractivity contribution in [2.45, 2.75) is 25.7 Å². The van der Waals surface area contributed by atoms with Crippen LogP contribution in [0.4, 0.5) is 0 Å². The van der Waals surface area contributed by atoms with Crippen molar-refractivity contribution < 1.29 is 23.7 Å². The molecule has 0 aromatic rings. The van der Waals surface area contributed by atoms with E-state index < -0.39 is 5.79 Å². The molecule has 1 heterocycles. The summed E-state index contributed by atoms with van der Waals surface area (Å²) in [6.45, 7) is 6.25. The van der Waals surface area contributed by atoms with Crippen LogP contribution in [0.2, 0.25) is 0 Å². The summed E-state index contributed by atoms with van der Waals surface area (Å²) < 4.78 is 26.2. The molecule has 0 aromatic heterocycles. The highest BCUT2D eigenvalue weighted by Gasteiger charge is 2.32. The molecule has 1 fully saturated rings. The highest BCUT2D eigenvalue weighted by atomic mass is 16.8. The molecule has 5 heteroatoms. The van der Waals surface area contributed by atoms with Gasteiger partial charge in [0.1, 0.15) is 12.9 Å². The first-order chi connectivity index (χ1) is 7.14. The first-order valence-corrected chi connectivity index (χ1v) is 5.10. The van der Waals surface area contributed by atoms with Gasteiger partial charge in [-0.05, 0) is 13.8 Å². The highest BCUT2D eigenvalue weighted by Crippen LogP contribution is 2.22. The molecule has 0 aliphatic carbocycles. The molecule has 0 saturated carbocycles. The lowest BCUT2D eigenvalue weighted by Crippen LogP contribution is -2.24. The number of ether oxygens (including phenoxy) is 5. The second-order valence-corrected chi connectivity index (χ2v) is 3.84. The second-order valence-electron chi connectivity index (χ2n) is 3.84. The molecule has 90 valence electrons. The van der Waals surface area contributed by atoms with Crippen molar-refractivity contribution in [3.05, 3.63) is 0 Å². The third-order valence-electron chi connectivity index (χ3n) is 1.97. The molecule has 0 spiro atoms. The normalized spacial score (nSPS) is 24.6. The molecule has 1 atom stereocenters. The average Bonchev–Trinajstić information content (AvgIpc) is 2.52. The van der Waals surface area contributed by atoms with Crippen LogP contribution in [0.3, 0.4) is 0 Å². The molecule has 0 N–H and O–H groups in total. The fourth-order valence-corrected chi connectivity index (χ4v) is 1.28. The Bertz CT molecular complexity index is 171. The summed E-state index contributed by atoms with van der Waals surface area (Å²) in [4.78, 5) is 0. The smallest absolute Gasteiger partial charge is 0.163 e. The Balaban J connectivity index is 1.93. The molecule has 0 aromatic carbocycles. The van der Waals surface area contributed by atoms with Crippen LogP contribution in [-0.2, 0) is 23.7 Å². The van der Waals surface area contributed by atoms with Gasteiger partial charge in [0, 0.05) is 7.11 Å². The minimum absolute atomic E-state index is 0.00558. The van der Waals surface area contributed by atoms with E-state index >= 15 is 0 Å². The third kappa shape index (κ3) is 5.44. The molecule has 1 saturated heterocycles. The standard InChI is InChI=1S/C10H20O5/c1-10(2)14-7-9(15-10)6-13-8-12-5-4-11-3/h9H,4-8H2,1-3H3. The zero-order valence-corrected chi connectivity index (χ0v) is 9.65. The maximum atomic E-state index is 5.55. The summed E-state index contributed by atoms with van der Waals surface area (Å²) in [5, 5.41) is 0. The van der Waals surface area contributed by atoms with Crippen LogP contribution in [-0.4, -0.2) is 52.2 Å². The van der Waals surface area contributed by atoms with Crippen molar-refractivity contribution in [2.24, 2.45) is 0 Å². The second kappa shape index (κ2) is 6.40. The molecule has 0 bridgehead atoms. The lowest BCUT2D eigenvalue weighted by atomic mass is 10.4. The van der Waals surface area contributed by atoms with E-state index in [0.717, 1.165) is 0 Å². The number of hydrogen-bond donors (Lipinski definition) is 0. The molecule has 0 amide bonds. The Morgan fingerprint density at radius 2 is 2.07 bits per heavy atom. The zero-order valence-electron chi connectivity index (χ0n) is 9.65. The maximum Gasteiger partial charge on any atom is 0.163 e. The van der Waals surface area contributed by atoms with E-state index in [4.69, 9.17) is 23.7 Å². The highest BCUT2D eigenvalue weighted by molar-refractivity contribution is 4.69. The van der Waals surface area contributed by atoms with Gasteiger partial charge in [0.2, 0.25) is 0 Å². The monoisotopic (exact) mass is 220 g/mol. The molecular formula is C10H20O5. The summed E-state index contributed by atoms with van der Waals surface area (Å²) in [5.74, 6) is -0.481. The number of methoxy groups -OCH3 is 1. The van der Waals surface area contributed by atoms with Crippen LogP contribution < -0.4 is 0 Å². The van der Waals surface area contributed by atoms with E-state index in [1.807, 2.05) is 13.8 Å². The Labute approximate surface area is 90.6 Å². The summed E-state index contributed by atoms with van der Waals surface area (Å²) in [6, 6.07) is 0. The van der Waals surface area contributed by atoms with Gasteiger partial charge in [0.05, 0.1) is 26.4 Å². The van der Waals surface area contributed by atoms with Crippen LogP contribution in [0.5, 0.6) is 0 Å². The number of rotatable bonds is 7.